The van der Waals surface area contributed by atoms with Gasteiger partial charge in [0.15, 0.2) is 0 Å². The van der Waals surface area contributed by atoms with Crippen LogP contribution in [0, 0.1) is 6.92 Å². The summed E-state index contributed by atoms with van der Waals surface area (Å²) in [5.41, 5.74) is 5.84. The molecule has 21 heavy (non-hydrogen) atoms. The van der Waals surface area contributed by atoms with Crippen LogP contribution in [-0.2, 0) is 19.4 Å². The van der Waals surface area contributed by atoms with Gasteiger partial charge in [-0.15, -0.1) is 11.3 Å². The number of aromatic nitrogens is 1. The van der Waals surface area contributed by atoms with Gasteiger partial charge in [-0.05, 0) is 44.5 Å². The van der Waals surface area contributed by atoms with Gasteiger partial charge < -0.3 is 9.64 Å². The van der Waals surface area contributed by atoms with Crippen molar-refractivity contribution in [2.24, 2.45) is 0 Å². The lowest BCUT2D eigenvalue weighted by Gasteiger charge is -2.16. The first kappa shape index (κ1) is 14.5. The maximum Gasteiger partial charge on any atom is 0.123 e. The lowest BCUT2D eigenvalue weighted by atomic mass is 10.1. The van der Waals surface area contributed by atoms with E-state index in [2.05, 4.69) is 49.0 Å². The van der Waals surface area contributed by atoms with E-state index in [0.717, 1.165) is 31.7 Å². The lowest BCUT2D eigenvalue weighted by molar-refractivity contribution is 0.254. The smallest absolute Gasteiger partial charge is 0.123 e. The summed E-state index contributed by atoms with van der Waals surface area (Å²) in [6.45, 7) is 6.27. The predicted molar refractivity (Wildman–Crippen MR) is 87.1 cm³/mol. The molecule has 0 spiro atoms. The van der Waals surface area contributed by atoms with Crippen LogP contribution in [0.15, 0.2) is 23.7 Å². The molecule has 0 saturated heterocycles. The minimum atomic E-state index is 0.322. The van der Waals surface area contributed by atoms with Gasteiger partial charge in [-0.25, -0.2) is 4.98 Å². The van der Waals surface area contributed by atoms with Crippen LogP contribution >= 0.6 is 11.3 Å². The van der Waals surface area contributed by atoms with Crippen LogP contribution < -0.4 is 4.74 Å². The molecule has 0 saturated carbocycles. The first-order valence-electron chi connectivity index (χ1n) is 7.48. The van der Waals surface area contributed by atoms with Crippen molar-refractivity contribution in [2.75, 3.05) is 13.6 Å². The van der Waals surface area contributed by atoms with E-state index in [-0.39, 0.29) is 0 Å². The highest BCUT2D eigenvalue weighted by Crippen LogP contribution is 2.29. The summed E-state index contributed by atoms with van der Waals surface area (Å²) in [6.07, 6.45) is 2.44. The molecule has 1 aliphatic rings. The van der Waals surface area contributed by atoms with Gasteiger partial charge in [0.2, 0.25) is 0 Å². The van der Waals surface area contributed by atoms with Crippen molar-refractivity contribution in [3.63, 3.8) is 0 Å². The van der Waals surface area contributed by atoms with Crippen molar-refractivity contribution in [1.29, 1.82) is 0 Å². The molecule has 0 radical (unpaired) electrons. The number of aryl methyl sites for hydroxylation is 1. The second-order valence-corrected chi connectivity index (χ2v) is 6.86. The maximum absolute atomic E-state index is 5.76. The SMILES string of the molecule is Cc1ncsc1CCN(C)Cc1ccc2c(c1)CC(C)O2. The molecule has 1 aliphatic heterocycles. The Hall–Kier alpha value is -1.39. The molecular weight excluding hydrogens is 280 g/mol. The van der Waals surface area contributed by atoms with Crippen molar-refractivity contribution < 1.29 is 4.74 Å². The minimum absolute atomic E-state index is 0.322. The van der Waals surface area contributed by atoms with E-state index in [1.165, 1.54) is 21.7 Å². The third kappa shape index (κ3) is 3.44. The molecule has 1 aromatic heterocycles. The highest BCUT2D eigenvalue weighted by molar-refractivity contribution is 7.09. The van der Waals surface area contributed by atoms with Gasteiger partial charge >= 0.3 is 0 Å². The summed E-state index contributed by atoms with van der Waals surface area (Å²) < 4.78 is 5.76. The number of hydrogen-bond donors (Lipinski definition) is 0. The third-order valence-electron chi connectivity index (χ3n) is 3.98. The van der Waals surface area contributed by atoms with Crippen molar-refractivity contribution in [1.82, 2.24) is 9.88 Å². The standard InChI is InChI=1S/C17H22N2OS/c1-12-8-15-9-14(4-5-16(15)20-12)10-19(3)7-6-17-13(2)18-11-21-17/h4-5,9,11-12H,6-8,10H2,1-3H3. The fourth-order valence-electron chi connectivity index (χ4n) is 2.82. The summed E-state index contributed by atoms with van der Waals surface area (Å²) in [5, 5.41) is 0. The zero-order chi connectivity index (χ0) is 14.8. The van der Waals surface area contributed by atoms with Crippen LogP contribution in [0.1, 0.15) is 28.6 Å². The van der Waals surface area contributed by atoms with E-state index in [4.69, 9.17) is 4.74 Å². The molecule has 3 nitrogen and oxygen atoms in total. The zero-order valence-corrected chi connectivity index (χ0v) is 13.7. The van der Waals surface area contributed by atoms with Crippen LogP contribution in [0.5, 0.6) is 5.75 Å². The highest BCUT2D eigenvalue weighted by Gasteiger charge is 2.19. The van der Waals surface area contributed by atoms with E-state index in [1.54, 1.807) is 11.3 Å². The van der Waals surface area contributed by atoms with Gasteiger partial charge in [-0.2, -0.15) is 0 Å². The van der Waals surface area contributed by atoms with Gasteiger partial charge in [0, 0.05) is 24.4 Å². The van der Waals surface area contributed by atoms with Gasteiger partial charge in [0.25, 0.3) is 0 Å². The molecule has 1 aromatic carbocycles. The molecule has 2 aromatic rings. The number of ether oxygens (including phenoxy) is 1. The normalized spacial score (nSPS) is 17.0. The number of likely N-dealkylation sites (N-methyl/N-ethyl adjacent to an activating group) is 1. The highest BCUT2D eigenvalue weighted by atomic mass is 32.1. The van der Waals surface area contributed by atoms with Gasteiger partial charge in [0.1, 0.15) is 11.9 Å². The Morgan fingerprint density at radius 3 is 3.05 bits per heavy atom. The average Bonchev–Trinajstić information content (AvgIpc) is 3.00. The first-order valence-corrected chi connectivity index (χ1v) is 8.36. The molecule has 2 heterocycles. The van der Waals surface area contributed by atoms with E-state index in [0.29, 0.717) is 6.10 Å². The summed E-state index contributed by atoms with van der Waals surface area (Å²) in [5.74, 6) is 1.06. The fourth-order valence-corrected chi connectivity index (χ4v) is 3.59. The Labute approximate surface area is 130 Å². The molecule has 3 rings (SSSR count). The van der Waals surface area contributed by atoms with Crippen LogP contribution in [0.2, 0.25) is 0 Å². The second-order valence-electron chi connectivity index (χ2n) is 5.92. The first-order chi connectivity index (χ1) is 10.1. The quantitative estimate of drug-likeness (QED) is 0.846. The maximum atomic E-state index is 5.76. The fraction of sp³-hybridized carbons (Fsp3) is 0.471. The predicted octanol–water partition coefficient (Wildman–Crippen LogP) is 3.45. The summed E-state index contributed by atoms with van der Waals surface area (Å²) in [7, 11) is 2.18. The summed E-state index contributed by atoms with van der Waals surface area (Å²) in [4.78, 5) is 8.09. The number of fused-ring (bicyclic) bond motifs is 1. The number of hydrogen-bond acceptors (Lipinski definition) is 4. The second kappa shape index (κ2) is 6.16. The monoisotopic (exact) mass is 302 g/mol. The van der Waals surface area contributed by atoms with Crippen molar-refractivity contribution in [3.8, 4) is 5.75 Å². The lowest BCUT2D eigenvalue weighted by Crippen LogP contribution is -2.20. The third-order valence-corrected chi connectivity index (χ3v) is 4.97. The Balaban J connectivity index is 1.57. The molecule has 1 atom stereocenters. The zero-order valence-electron chi connectivity index (χ0n) is 12.9. The Kier molecular flexibility index (Phi) is 4.27. The van der Waals surface area contributed by atoms with Crippen LogP contribution in [0.25, 0.3) is 0 Å². The average molecular weight is 302 g/mol. The largest absolute Gasteiger partial charge is 0.490 e. The molecule has 0 bridgehead atoms. The van der Waals surface area contributed by atoms with Gasteiger partial charge in [-0.1, -0.05) is 12.1 Å². The van der Waals surface area contributed by atoms with Crippen molar-refractivity contribution in [2.45, 2.75) is 39.3 Å². The molecule has 0 aliphatic carbocycles. The van der Waals surface area contributed by atoms with E-state index in [9.17, 15) is 0 Å². The van der Waals surface area contributed by atoms with E-state index in [1.807, 2.05) is 5.51 Å². The number of thiazole rings is 1. The van der Waals surface area contributed by atoms with Crippen LogP contribution in [0.3, 0.4) is 0 Å². The molecular formula is C17H22N2OS. The molecule has 0 N–H and O–H groups in total. The van der Waals surface area contributed by atoms with E-state index >= 15 is 0 Å². The Morgan fingerprint density at radius 2 is 2.29 bits per heavy atom. The molecule has 0 fully saturated rings. The molecule has 0 amide bonds. The van der Waals surface area contributed by atoms with Crippen LogP contribution in [-0.4, -0.2) is 29.6 Å². The summed E-state index contributed by atoms with van der Waals surface area (Å²) >= 11 is 1.76. The number of nitrogens with zero attached hydrogens (tertiary/aromatic N) is 2. The molecule has 4 heteroatoms. The van der Waals surface area contributed by atoms with Gasteiger partial charge in [0.05, 0.1) is 11.2 Å². The minimum Gasteiger partial charge on any atom is -0.490 e. The molecule has 112 valence electrons. The van der Waals surface area contributed by atoms with Crippen molar-refractivity contribution >= 4 is 11.3 Å². The van der Waals surface area contributed by atoms with E-state index < -0.39 is 0 Å². The molecule has 1 unspecified atom stereocenters. The van der Waals surface area contributed by atoms with Gasteiger partial charge in [-0.3, -0.25) is 0 Å². The Bertz CT molecular complexity index is 623. The van der Waals surface area contributed by atoms with Crippen LogP contribution in [0.4, 0.5) is 0 Å². The Morgan fingerprint density at radius 1 is 1.43 bits per heavy atom. The topological polar surface area (TPSA) is 25.4 Å². The number of benzene rings is 1. The number of rotatable bonds is 5. The summed E-state index contributed by atoms with van der Waals surface area (Å²) in [6, 6.07) is 6.61. The van der Waals surface area contributed by atoms with Crippen molar-refractivity contribution in [3.05, 3.63) is 45.4 Å².